The third-order valence-corrected chi connectivity index (χ3v) is 2.46. The zero-order valence-corrected chi connectivity index (χ0v) is 7.70. The first-order valence-electron chi connectivity index (χ1n) is 4.48. The van der Waals surface area contributed by atoms with E-state index >= 15 is 0 Å². The van der Waals surface area contributed by atoms with Crippen LogP contribution in [0.1, 0.15) is 6.92 Å². The summed E-state index contributed by atoms with van der Waals surface area (Å²) in [6.07, 6.45) is 14.5. The van der Waals surface area contributed by atoms with Crippen molar-refractivity contribution in [1.29, 1.82) is 0 Å². The molecule has 0 amide bonds. The Morgan fingerprint density at radius 1 is 1.08 bits per heavy atom. The van der Waals surface area contributed by atoms with E-state index in [0.29, 0.717) is 0 Å². The first-order chi connectivity index (χ1) is 6.29. The molecular weight excluding hydrogens is 158 g/mol. The quantitative estimate of drug-likeness (QED) is 0.594. The van der Waals surface area contributed by atoms with Gasteiger partial charge in [-0.1, -0.05) is 42.5 Å². The van der Waals surface area contributed by atoms with Crippen LogP contribution in [0.2, 0.25) is 0 Å². The monoisotopic (exact) mass is 171 g/mol. The van der Waals surface area contributed by atoms with E-state index in [4.69, 9.17) is 5.73 Å². The van der Waals surface area contributed by atoms with Crippen LogP contribution < -0.4 is 5.73 Å². The highest BCUT2D eigenvalue weighted by atomic mass is 14.6. The Morgan fingerprint density at radius 2 is 1.85 bits per heavy atom. The Labute approximate surface area is 78.6 Å². The normalized spacial score (nSPS) is 25.7. The fourth-order valence-electron chi connectivity index (χ4n) is 1.65. The molecular formula is C12H13N. The van der Waals surface area contributed by atoms with Crippen molar-refractivity contribution in [2.45, 2.75) is 13.0 Å². The van der Waals surface area contributed by atoms with E-state index in [1.807, 2.05) is 12.2 Å². The molecule has 2 rings (SSSR count). The molecule has 0 aromatic heterocycles. The van der Waals surface area contributed by atoms with Gasteiger partial charge in [-0.15, -0.1) is 0 Å². The van der Waals surface area contributed by atoms with Crippen LogP contribution in [0.4, 0.5) is 0 Å². The second kappa shape index (κ2) is 3.19. The van der Waals surface area contributed by atoms with Gasteiger partial charge >= 0.3 is 0 Å². The average molecular weight is 171 g/mol. The summed E-state index contributed by atoms with van der Waals surface area (Å²) < 4.78 is 0. The first kappa shape index (κ1) is 8.27. The summed E-state index contributed by atoms with van der Waals surface area (Å²) in [4.78, 5) is 0. The molecule has 1 heteroatoms. The van der Waals surface area contributed by atoms with E-state index in [-0.39, 0.29) is 6.04 Å². The molecule has 0 spiro atoms. The van der Waals surface area contributed by atoms with E-state index in [9.17, 15) is 0 Å². The summed E-state index contributed by atoms with van der Waals surface area (Å²) in [6, 6.07) is 0.0324. The van der Waals surface area contributed by atoms with Gasteiger partial charge in [-0.2, -0.15) is 0 Å². The lowest BCUT2D eigenvalue weighted by atomic mass is 9.96. The third-order valence-electron chi connectivity index (χ3n) is 2.46. The summed E-state index contributed by atoms with van der Waals surface area (Å²) in [6.45, 7) is 2.10. The summed E-state index contributed by atoms with van der Waals surface area (Å²) in [5.74, 6) is 0. The van der Waals surface area contributed by atoms with E-state index in [1.165, 1.54) is 16.7 Å². The molecule has 1 atom stereocenters. The third kappa shape index (κ3) is 1.43. The second-order valence-electron chi connectivity index (χ2n) is 3.36. The van der Waals surface area contributed by atoms with Crippen molar-refractivity contribution < 1.29 is 0 Å². The maximum Gasteiger partial charge on any atom is 0.0554 e. The fraction of sp³-hybridized carbons (Fsp3) is 0.167. The van der Waals surface area contributed by atoms with E-state index in [2.05, 4.69) is 37.3 Å². The van der Waals surface area contributed by atoms with Crippen molar-refractivity contribution >= 4 is 0 Å². The van der Waals surface area contributed by atoms with Crippen molar-refractivity contribution in [3.05, 3.63) is 59.3 Å². The van der Waals surface area contributed by atoms with Gasteiger partial charge < -0.3 is 5.73 Å². The van der Waals surface area contributed by atoms with Gasteiger partial charge in [0.25, 0.3) is 0 Å². The van der Waals surface area contributed by atoms with Crippen LogP contribution in [-0.4, -0.2) is 6.04 Å². The molecule has 66 valence electrons. The highest BCUT2D eigenvalue weighted by Gasteiger charge is 2.15. The zero-order valence-electron chi connectivity index (χ0n) is 7.70. The molecule has 0 heterocycles. The average Bonchev–Trinajstić information content (AvgIpc) is 2.36. The minimum Gasteiger partial charge on any atom is -0.320 e. The number of allylic oxidation sites excluding steroid dienone is 6. The van der Waals surface area contributed by atoms with Crippen molar-refractivity contribution in [2.24, 2.45) is 5.73 Å². The van der Waals surface area contributed by atoms with Gasteiger partial charge in [-0.3, -0.25) is 0 Å². The molecule has 2 aliphatic rings. The fourth-order valence-corrected chi connectivity index (χ4v) is 1.65. The Bertz CT molecular complexity index is 365. The Morgan fingerprint density at radius 3 is 2.69 bits per heavy atom. The SMILES string of the molecule is CC1=CC=CC2=CC=CC=C1C2N. The molecule has 1 unspecified atom stereocenters. The number of fused-ring (bicyclic) bond motifs is 2. The largest absolute Gasteiger partial charge is 0.320 e. The predicted octanol–water partition coefficient (Wildman–Crippen LogP) is 2.25. The van der Waals surface area contributed by atoms with Crippen molar-refractivity contribution in [2.75, 3.05) is 0 Å². The van der Waals surface area contributed by atoms with E-state index in [0.717, 1.165) is 0 Å². The Kier molecular flexibility index (Phi) is 2.03. The number of nitrogens with two attached hydrogens (primary N) is 1. The van der Waals surface area contributed by atoms with Crippen LogP contribution in [0, 0.1) is 0 Å². The van der Waals surface area contributed by atoms with E-state index < -0.39 is 0 Å². The van der Waals surface area contributed by atoms with Crippen LogP contribution in [0.3, 0.4) is 0 Å². The van der Waals surface area contributed by atoms with Crippen molar-refractivity contribution in [1.82, 2.24) is 0 Å². The second-order valence-corrected chi connectivity index (χ2v) is 3.36. The lowest BCUT2D eigenvalue weighted by molar-refractivity contribution is 0.925. The number of rotatable bonds is 0. The summed E-state index contributed by atoms with van der Waals surface area (Å²) in [5, 5.41) is 0. The van der Waals surface area contributed by atoms with Gasteiger partial charge in [0, 0.05) is 0 Å². The predicted molar refractivity (Wildman–Crippen MR) is 56.2 cm³/mol. The molecule has 0 aromatic rings. The van der Waals surface area contributed by atoms with Gasteiger partial charge in [0.15, 0.2) is 0 Å². The summed E-state index contributed by atoms with van der Waals surface area (Å²) in [5.41, 5.74) is 9.74. The van der Waals surface area contributed by atoms with Crippen LogP contribution >= 0.6 is 0 Å². The molecule has 13 heavy (non-hydrogen) atoms. The smallest absolute Gasteiger partial charge is 0.0554 e. The Balaban J connectivity index is 2.57. The molecule has 0 radical (unpaired) electrons. The van der Waals surface area contributed by atoms with Gasteiger partial charge in [-0.05, 0) is 23.6 Å². The molecule has 0 aromatic carbocycles. The summed E-state index contributed by atoms with van der Waals surface area (Å²) in [7, 11) is 0. The highest BCUT2D eigenvalue weighted by Crippen LogP contribution is 2.24. The molecule has 2 bridgehead atoms. The van der Waals surface area contributed by atoms with Gasteiger partial charge in [-0.25, -0.2) is 0 Å². The number of hydrogen-bond acceptors (Lipinski definition) is 1. The van der Waals surface area contributed by atoms with Gasteiger partial charge in [0.05, 0.1) is 6.04 Å². The van der Waals surface area contributed by atoms with Crippen LogP contribution in [0.25, 0.3) is 0 Å². The van der Waals surface area contributed by atoms with Crippen LogP contribution in [-0.2, 0) is 0 Å². The molecule has 0 aliphatic heterocycles. The zero-order chi connectivity index (χ0) is 9.26. The highest BCUT2D eigenvalue weighted by molar-refractivity contribution is 5.51. The molecule has 0 saturated heterocycles. The standard InChI is InChI=1S/C12H13N/c1-9-5-4-7-10-6-2-3-8-11(9)12(10)13/h2-8,12H,13H2,1H3. The Hall–Kier alpha value is -1.34. The van der Waals surface area contributed by atoms with Crippen molar-refractivity contribution in [3.63, 3.8) is 0 Å². The van der Waals surface area contributed by atoms with Gasteiger partial charge in [0.2, 0.25) is 0 Å². The van der Waals surface area contributed by atoms with Crippen LogP contribution in [0.5, 0.6) is 0 Å². The molecule has 1 nitrogen and oxygen atoms in total. The lowest BCUT2D eigenvalue weighted by Crippen LogP contribution is -2.24. The number of hydrogen-bond donors (Lipinski definition) is 1. The minimum absolute atomic E-state index is 0.0324. The van der Waals surface area contributed by atoms with Crippen LogP contribution in [0.15, 0.2) is 59.3 Å². The minimum atomic E-state index is 0.0324. The lowest BCUT2D eigenvalue weighted by Gasteiger charge is -2.14. The summed E-state index contributed by atoms with van der Waals surface area (Å²) >= 11 is 0. The first-order valence-corrected chi connectivity index (χ1v) is 4.48. The maximum absolute atomic E-state index is 6.11. The molecule has 0 fully saturated rings. The van der Waals surface area contributed by atoms with Crippen molar-refractivity contribution in [3.8, 4) is 0 Å². The van der Waals surface area contributed by atoms with Gasteiger partial charge in [0.1, 0.15) is 0 Å². The molecule has 0 saturated carbocycles. The van der Waals surface area contributed by atoms with E-state index in [1.54, 1.807) is 0 Å². The topological polar surface area (TPSA) is 26.0 Å². The molecule has 2 aliphatic carbocycles. The molecule has 2 N–H and O–H groups in total. The maximum atomic E-state index is 6.11.